The molecule has 0 saturated carbocycles. The molecule has 16 heavy (non-hydrogen) atoms. The molecule has 0 aromatic heterocycles. The Hall–Kier alpha value is -1.09. The largest absolute Gasteiger partial charge is 0.490 e. The van der Waals surface area contributed by atoms with Crippen molar-refractivity contribution in [1.29, 1.82) is 0 Å². The van der Waals surface area contributed by atoms with E-state index >= 15 is 0 Å². The molecule has 3 heteroatoms. The lowest BCUT2D eigenvalue weighted by Gasteiger charge is -2.13. The van der Waals surface area contributed by atoms with Gasteiger partial charge in [-0.05, 0) is 12.5 Å². The molecule has 0 radical (unpaired) electrons. The molecule has 0 saturated heterocycles. The van der Waals surface area contributed by atoms with E-state index in [1.807, 2.05) is 13.0 Å². The van der Waals surface area contributed by atoms with Crippen molar-refractivity contribution in [3.63, 3.8) is 0 Å². The molecule has 1 aromatic carbocycles. The van der Waals surface area contributed by atoms with E-state index < -0.39 is 0 Å². The van der Waals surface area contributed by atoms with Crippen LogP contribution in [-0.2, 0) is 6.54 Å². The molecule has 1 aromatic rings. The van der Waals surface area contributed by atoms with Crippen molar-refractivity contribution in [2.45, 2.75) is 39.8 Å². The first-order valence-corrected chi connectivity index (χ1v) is 5.78. The van der Waals surface area contributed by atoms with Crippen LogP contribution in [0, 0.1) is 5.82 Å². The van der Waals surface area contributed by atoms with Gasteiger partial charge in [-0.2, -0.15) is 0 Å². The predicted molar refractivity (Wildman–Crippen MR) is 64.2 cm³/mol. The number of hydrogen-bond donors (Lipinski definition) is 1. The highest BCUT2D eigenvalue weighted by Crippen LogP contribution is 2.22. The molecule has 0 amide bonds. The van der Waals surface area contributed by atoms with E-state index in [1.165, 1.54) is 6.07 Å². The molecule has 1 rings (SSSR count). The lowest BCUT2D eigenvalue weighted by atomic mass is 10.2. The maximum Gasteiger partial charge on any atom is 0.165 e. The number of rotatable bonds is 6. The highest BCUT2D eigenvalue weighted by atomic mass is 19.1. The Kier molecular flexibility index (Phi) is 5.26. The van der Waals surface area contributed by atoms with Crippen LogP contribution in [0.5, 0.6) is 5.75 Å². The molecule has 0 aliphatic heterocycles. The van der Waals surface area contributed by atoms with Crippen molar-refractivity contribution in [2.24, 2.45) is 0 Å². The number of ether oxygens (including phenoxy) is 1. The monoisotopic (exact) mass is 225 g/mol. The predicted octanol–water partition coefficient (Wildman–Crippen LogP) is 3.11. The highest BCUT2D eigenvalue weighted by Gasteiger charge is 2.09. The summed E-state index contributed by atoms with van der Waals surface area (Å²) in [5, 5.41) is 3.26. The lowest BCUT2D eigenvalue weighted by Crippen LogP contribution is -2.22. The Labute approximate surface area is 96.8 Å². The summed E-state index contributed by atoms with van der Waals surface area (Å²) in [6, 6.07) is 5.42. The van der Waals surface area contributed by atoms with Gasteiger partial charge in [0.05, 0.1) is 6.61 Å². The molecule has 0 aliphatic carbocycles. The summed E-state index contributed by atoms with van der Waals surface area (Å²) >= 11 is 0. The van der Waals surface area contributed by atoms with Gasteiger partial charge in [-0.25, -0.2) is 4.39 Å². The van der Waals surface area contributed by atoms with Crippen LogP contribution >= 0.6 is 0 Å². The van der Waals surface area contributed by atoms with Crippen LogP contribution in [0.3, 0.4) is 0 Å². The molecule has 0 atom stereocenters. The average molecular weight is 225 g/mol. The van der Waals surface area contributed by atoms with Gasteiger partial charge in [0.15, 0.2) is 11.6 Å². The SMILES string of the molecule is CCCOc1c(F)cccc1CNC(C)C. The van der Waals surface area contributed by atoms with Crippen LogP contribution < -0.4 is 10.1 Å². The first-order chi connectivity index (χ1) is 7.65. The quantitative estimate of drug-likeness (QED) is 0.803. The molecule has 2 nitrogen and oxygen atoms in total. The van der Waals surface area contributed by atoms with Gasteiger partial charge in [0, 0.05) is 18.2 Å². The Morgan fingerprint density at radius 3 is 2.75 bits per heavy atom. The van der Waals surface area contributed by atoms with Gasteiger partial charge in [0.25, 0.3) is 0 Å². The minimum absolute atomic E-state index is 0.281. The molecule has 90 valence electrons. The Morgan fingerprint density at radius 1 is 1.38 bits per heavy atom. The Bertz CT molecular complexity index is 326. The van der Waals surface area contributed by atoms with Crippen LogP contribution in [0.4, 0.5) is 4.39 Å². The number of halogens is 1. The van der Waals surface area contributed by atoms with Crippen molar-refractivity contribution in [3.8, 4) is 5.75 Å². The highest BCUT2D eigenvalue weighted by molar-refractivity contribution is 5.34. The maximum absolute atomic E-state index is 13.5. The van der Waals surface area contributed by atoms with E-state index in [4.69, 9.17) is 4.74 Å². The average Bonchev–Trinajstić information content (AvgIpc) is 2.25. The smallest absolute Gasteiger partial charge is 0.165 e. The van der Waals surface area contributed by atoms with Gasteiger partial charge in [-0.3, -0.25) is 0 Å². The van der Waals surface area contributed by atoms with Crippen LogP contribution in [0.15, 0.2) is 18.2 Å². The summed E-state index contributed by atoms with van der Waals surface area (Å²) in [7, 11) is 0. The number of hydrogen-bond acceptors (Lipinski definition) is 2. The topological polar surface area (TPSA) is 21.3 Å². The summed E-state index contributed by atoms with van der Waals surface area (Å²) in [6.45, 7) is 7.31. The second-order valence-corrected chi connectivity index (χ2v) is 4.11. The fourth-order valence-electron chi connectivity index (χ4n) is 1.37. The molecule has 0 heterocycles. The number of para-hydroxylation sites is 1. The molecule has 0 bridgehead atoms. The van der Waals surface area contributed by atoms with Crippen LogP contribution in [0.2, 0.25) is 0 Å². The summed E-state index contributed by atoms with van der Waals surface area (Å²) in [5.41, 5.74) is 0.877. The van der Waals surface area contributed by atoms with Crippen LogP contribution in [-0.4, -0.2) is 12.6 Å². The van der Waals surface area contributed by atoms with Gasteiger partial charge < -0.3 is 10.1 Å². The second kappa shape index (κ2) is 6.48. The van der Waals surface area contributed by atoms with Gasteiger partial charge >= 0.3 is 0 Å². The summed E-state index contributed by atoms with van der Waals surface area (Å²) in [6.07, 6.45) is 0.880. The van der Waals surface area contributed by atoms with Crippen molar-refractivity contribution in [2.75, 3.05) is 6.61 Å². The van der Waals surface area contributed by atoms with Crippen LogP contribution in [0.25, 0.3) is 0 Å². The van der Waals surface area contributed by atoms with Crippen molar-refractivity contribution < 1.29 is 9.13 Å². The minimum atomic E-state index is -0.281. The third-order valence-electron chi connectivity index (χ3n) is 2.20. The van der Waals surface area contributed by atoms with Gasteiger partial charge in [-0.15, -0.1) is 0 Å². The molecule has 0 spiro atoms. The molecule has 0 fully saturated rings. The summed E-state index contributed by atoms with van der Waals surface area (Å²) in [4.78, 5) is 0. The zero-order valence-electron chi connectivity index (χ0n) is 10.2. The number of nitrogens with one attached hydrogen (secondary N) is 1. The fourth-order valence-corrected chi connectivity index (χ4v) is 1.37. The first kappa shape index (κ1) is 13.0. The van der Waals surface area contributed by atoms with E-state index in [9.17, 15) is 4.39 Å². The van der Waals surface area contributed by atoms with E-state index in [2.05, 4.69) is 19.2 Å². The zero-order chi connectivity index (χ0) is 12.0. The van der Waals surface area contributed by atoms with E-state index in [0.29, 0.717) is 24.9 Å². The van der Waals surface area contributed by atoms with E-state index in [1.54, 1.807) is 6.07 Å². The minimum Gasteiger partial charge on any atom is -0.490 e. The van der Waals surface area contributed by atoms with Crippen LogP contribution in [0.1, 0.15) is 32.8 Å². The zero-order valence-corrected chi connectivity index (χ0v) is 10.2. The molecular weight excluding hydrogens is 205 g/mol. The van der Waals surface area contributed by atoms with E-state index in [0.717, 1.165) is 12.0 Å². The van der Waals surface area contributed by atoms with Gasteiger partial charge in [0.2, 0.25) is 0 Å². The third-order valence-corrected chi connectivity index (χ3v) is 2.20. The maximum atomic E-state index is 13.5. The molecule has 0 unspecified atom stereocenters. The fraction of sp³-hybridized carbons (Fsp3) is 0.538. The summed E-state index contributed by atoms with van der Waals surface area (Å²) in [5.74, 6) is 0.106. The third kappa shape index (κ3) is 3.81. The Balaban J connectivity index is 2.76. The normalized spacial score (nSPS) is 10.8. The molecule has 1 N–H and O–H groups in total. The Morgan fingerprint density at radius 2 is 2.12 bits per heavy atom. The second-order valence-electron chi connectivity index (χ2n) is 4.11. The van der Waals surface area contributed by atoms with Gasteiger partial charge in [0.1, 0.15) is 0 Å². The van der Waals surface area contributed by atoms with Gasteiger partial charge in [-0.1, -0.05) is 32.9 Å². The standard InChI is InChI=1S/C13H20FNO/c1-4-8-16-13-11(9-15-10(2)3)6-5-7-12(13)14/h5-7,10,15H,4,8-9H2,1-3H3. The summed E-state index contributed by atoms with van der Waals surface area (Å²) < 4.78 is 19.0. The lowest BCUT2D eigenvalue weighted by molar-refractivity contribution is 0.296. The first-order valence-electron chi connectivity index (χ1n) is 5.78. The van der Waals surface area contributed by atoms with E-state index in [-0.39, 0.29) is 5.82 Å². The van der Waals surface area contributed by atoms with Crippen molar-refractivity contribution in [3.05, 3.63) is 29.6 Å². The molecule has 0 aliphatic rings. The van der Waals surface area contributed by atoms with Crippen molar-refractivity contribution in [1.82, 2.24) is 5.32 Å². The molecular formula is C13H20FNO. The van der Waals surface area contributed by atoms with Crippen molar-refractivity contribution >= 4 is 0 Å². The number of benzene rings is 1.